The van der Waals surface area contributed by atoms with Gasteiger partial charge in [-0.25, -0.2) is 0 Å². The van der Waals surface area contributed by atoms with Crippen molar-refractivity contribution in [3.05, 3.63) is 51.6 Å². The van der Waals surface area contributed by atoms with E-state index in [1.807, 2.05) is 0 Å². The summed E-state index contributed by atoms with van der Waals surface area (Å²) in [4.78, 5) is 52.1. The molecule has 0 radical (unpaired) electrons. The summed E-state index contributed by atoms with van der Waals surface area (Å²) >= 11 is 0.696. The van der Waals surface area contributed by atoms with Gasteiger partial charge in [-0.1, -0.05) is 23.9 Å². The first-order chi connectivity index (χ1) is 19.8. The monoisotopic (exact) mass is 637 g/mol. The van der Waals surface area contributed by atoms with E-state index in [0.29, 0.717) is 11.8 Å². The minimum Gasteiger partial charge on any atom is -0.507 e. The van der Waals surface area contributed by atoms with Crippen LogP contribution in [0.15, 0.2) is 18.2 Å². The second-order valence-corrected chi connectivity index (χ2v) is 11.9. The number of ketones is 3. The summed E-state index contributed by atoms with van der Waals surface area (Å²) in [6, 6.07) is 3.65. The number of hydrogen-bond acceptors (Lipinski definition) is 13. The highest BCUT2D eigenvalue weighted by Crippen LogP contribution is 2.52. The number of phenolic OH excluding ortho intramolecular Hbond substituents is 2. The van der Waals surface area contributed by atoms with Gasteiger partial charge in [-0.05, 0) is 13.0 Å². The van der Waals surface area contributed by atoms with Gasteiger partial charge >= 0.3 is 0 Å². The quantitative estimate of drug-likeness (QED) is 0.245. The molecule has 1 heterocycles. The molecule has 6 N–H and O–H groups in total. The summed E-state index contributed by atoms with van der Waals surface area (Å²) in [5, 5.41) is 44.5. The minimum atomic E-state index is -2.18. The molecule has 0 bridgehead atoms. The number of nitrogens with two attached hydrogens (primary N) is 1. The lowest BCUT2D eigenvalue weighted by Crippen LogP contribution is -2.53. The maximum Gasteiger partial charge on any atom is 0.202 e. The van der Waals surface area contributed by atoms with Gasteiger partial charge in [0.15, 0.2) is 23.0 Å². The van der Waals surface area contributed by atoms with Crippen molar-refractivity contribution in [2.75, 3.05) is 12.9 Å². The molecule has 0 aromatic heterocycles. The number of fused-ring (bicyclic) bond motifs is 3. The number of halogens is 1. The Bertz CT molecular complexity index is 1500. The number of ether oxygens (including phenoxy) is 3. The van der Waals surface area contributed by atoms with Crippen molar-refractivity contribution in [1.82, 2.24) is 0 Å². The number of thioether (sulfide) groups is 1. The molecule has 2 aromatic carbocycles. The molecule has 0 amide bonds. The van der Waals surface area contributed by atoms with Crippen molar-refractivity contribution >= 4 is 46.6 Å². The Labute approximate surface area is 256 Å². The number of aliphatic hydroxyl groups excluding tert-OH is 1. The topological polar surface area (TPSA) is 203 Å². The highest BCUT2D eigenvalue weighted by molar-refractivity contribution is 8.14. The van der Waals surface area contributed by atoms with Gasteiger partial charge in [0, 0.05) is 48.9 Å². The molecule has 232 valence electrons. The zero-order chi connectivity index (χ0) is 30.7. The van der Waals surface area contributed by atoms with Crippen LogP contribution in [0.4, 0.5) is 0 Å². The van der Waals surface area contributed by atoms with Crippen LogP contribution < -0.4 is 10.5 Å². The van der Waals surface area contributed by atoms with Gasteiger partial charge in [-0.3, -0.25) is 19.2 Å². The molecule has 3 aliphatic rings. The molecule has 12 nitrogen and oxygen atoms in total. The number of rotatable bonds is 6. The van der Waals surface area contributed by atoms with Gasteiger partial charge in [-0.15, -0.1) is 12.4 Å². The second kappa shape index (κ2) is 12.2. The number of aromatic hydroxyl groups is 2. The molecule has 1 aliphatic heterocycles. The number of aliphatic hydroxyl groups is 2. The van der Waals surface area contributed by atoms with E-state index in [1.165, 1.54) is 32.2 Å². The van der Waals surface area contributed by atoms with E-state index < -0.39 is 89.1 Å². The normalized spacial score (nSPS) is 27.8. The lowest BCUT2D eigenvalue weighted by molar-refractivity contribution is -0.247. The van der Waals surface area contributed by atoms with Crippen LogP contribution in [0.2, 0.25) is 0 Å². The summed E-state index contributed by atoms with van der Waals surface area (Å²) in [7, 11) is 1.33. The Morgan fingerprint density at radius 2 is 1.81 bits per heavy atom. The van der Waals surface area contributed by atoms with Gasteiger partial charge in [0.1, 0.15) is 22.8 Å². The summed E-state index contributed by atoms with van der Waals surface area (Å²) in [5.41, 5.74) is 2.54. The van der Waals surface area contributed by atoms with Gasteiger partial charge < -0.3 is 40.4 Å². The summed E-state index contributed by atoms with van der Waals surface area (Å²) in [6.07, 6.45) is -5.05. The Kier molecular flexibility index (Phi) is 9.29. The van der Waals surface area contributed by atoms with E-state index in [-0.39, 0.29) is 57.7 Å². The van der Waals surface area contributed by atoms with Crippen molar-refractivity contribution in [3.8, 4) is 17.2 Å². The third-order valence-corrected chi connectivity index (χ3v) is 8.88. The number of benzene rings is 2. The minimum absolute atomic E-state index is 0. The first kappa shape index (κ1) is 32.9. The van der Waals surface area contributed by atoms with Crippen molar-refractivity contribution in [3.63, 3.8) is 0 Å². The molecule has 4 unspecified atom stereocenters. The fourth-order valence-corrected chi connectivity index (χ4v) is 6.51. The van der Waals surface area contributed by atoms with Crippen LogP contribution in [0.5, 0.6) is 17.2 Å². The average molecular weight is 638 g/mol. The molecule has 2 aliphatic carbocycles. The SMILES string of the molecule is COc1cccc2c1C(=O)c1c(O)c3c(c(O)c1C2=O)C[C@@](O)(C(=O)CSC(C)=O)C[C@@H]3OC1CC(N)C(O)C(C)O1.Cl. The standard InChI is InChI=1S/C29H31NO11S.ClH/c1-11-24(33)15(30)7-19(40-11)41-17-9-29(38,18(32)10-42-12(2)31)8-14-21(17)28(37)23-22(26(14)35)25(34)13-5-4-6-16(39-3)20(13)27(23)36;/h4-6,11,15,17,19,24,33,35,37-38H,7-10,30H2,1-3H3;1H/t11?,15?,17-,19?,24?,29-;/m0./s1. The van der Waals surface area contributed by atoms with Crippen molar-refractivity contribution in [1.29, 1.82) is 0 Å². The second-order valence-electron chi connectivity index (χ2n) is 10.8. The lowest BCUT2D eigenvalue weighted by atomic mass is 9.72. The summed E-state index contributed by atoms with van der Waals surface area (Å²) in [5.74, 6) is -3.88. The van der Waals surface area contributed by atoms with E-state index in [4.69, 9.17) is 19.9 Å². The number of Topliss-reactive ketones (excluding diaryl/α,β-unsaturated/α-hetero) is 1. The van der Waals surface area contributed by atoms with E-state index in [1.54, 1.807) is 6.92 Å². The zero-order valence-corrected chi connectivity index (χ0v) is 25.1. The Morgan fingerprint density at radius 3 is 2.44 bits per heavy atom. The van der Waals surface area contributed by atoms with Gasteiger partial charge in [0.05, 0.1) is 47.9 Å². The molecule has 1 fully saturated rings. The van der Waals surface area contributed by atoms with Crippen molar-refractivity contribution in [2.24, 2.45) is 5.73 Å². The van der Waals surface area contributed by atoms with Crippen LogP contribution in [0.25, 0.3) is 0 Å². The predicted molar refractivity (Wildman–Crippen MR) is 155 cm³/mol. The Morgan fingerprint density at radius 1 is 1.14 bits per heavy atom. The zero-order valence-electron chi connectivity index (χ0n) is 23.5. The third kappa shape index (κ3) is 5.55. The maximum atomic E-state index is 13.7. The van der Waals surface area contributed by atoms with Crippen molar-refractivity contribution < 1.29 is 53.8 Å². The Balaban J connectivity index is 0.00000423. The summed E-state index contributed by atoms with van der Waals surface area (Å²) < 4.78 is 17.2. The molecule has 2 aromatic rings. The smallest absolute Gasteiger partial charge is 0.202 e. The molecule has 0 spiro atoms. The lowest BCUT2D eigenvalue weighted by Gasteiger charge is -2.42. The largest absolute Gasteiger partial charge is 0.507 e. The van der Waals surface area contributed by atoms with Crippen LogP contribution in [0, 0.1) is 0 Å². The average Bonchev–Trinajstić information content (AvgIpc) is 2.94. The highest BCUT2D eigenvalue weighted by Gasteiger charge is 2.50. The van der Waals surface area contributed by atoms with E-state index in [0.717, 1.165) is 0 Å². The van der Waals surface area contributed by atoms with Crippen molar-refractivity contribution in [2.45, 2.75) is 69.4 Å². The van der Waals surface area contributed by atoms with Crippen LogP contribution >= 0.6 is 24.2 Å². The first-order valence-electron chi connectivity index (χ1n) is 13.3. The van der Waals surface area contributed by atoms with Gasteiger partial charge in [0.25, 0.3) is 0 Å². The van der Waals surface area contributed by atoms with E-state index >= 15 is 0 Å². The number of carbonyl (C=O) groups is 4. The van der Waals surface area contributed by atoms with Crippen LogP contribution in [-0.2, 0) is 25.5 Å². The molecule has 43 heavy (non-hydrogen) atoms. The Hall–Kier alpha value is -3.04. The van der Waals surface area contributed by atoms with Gasteiger partial charge in [-0.2, -0.15) is 0 Å². The van der Waals surface area contributed by atoms with Crippen LogP contribution in [-0.4, -0.2) is 85.9 Å². The van der Waals surface area contributed by atoms with E-state index in [2.05, 4.69) is 0 Å². The fourth-order valence-electron chi connectivity index (χ4n) is 5.90. The molecule has 14 heteroatoms. The fraction of sp³-hybridized carbons (Fsp3) is 0.448. The van der Waals surface area contributed by atoms with E-state index in [9.17, 15) is 39.6 Å². The number of carbonyl (C=O) groups excluding carboxylic acids is 4. The summed E-state index contributed by atoms with van der Waals surface area (Å²) in [6.45, 7) is 2.86. The third-order valence-electron chi connectivity index (χ3n) is 8.07. The highest BCUT2D eigenvalue weighted by atomic mass is 35.5. The molecule has 6 atom stereocenters. The molecule has 1 saturated heterocycles. The number of hydrogen-bond donors (Lipinski definition) is 5. The number of methoxy groups -OCH3 is 1. The molecule has 0 saturated carbocycles. The van der Waals surface area contributed by atoms with Crippen LogP contribution in [0.3, 0.4) is 0 Å². The first-order valence-corrected chi connectivity index (χ1v) is 14.3. The maximum absolute atomic E-state index is 13.7. The predicted octanol–water partition coefficient (Wildman–Crippen LogP) is 1.71. The molecule has 5 rings (SSSR count). The van der Waals surface area contributed by atoms with Crippen LogP contribution in [0.1, 0.15) is 75.8 Å². The molecular formula is C29H32ClNO11S. The number of phenols is 2. The molecular weight excluding hydrogens is 606 g/mol. The van der Waals surface area contributed by atoms with Gasteiger partial charge in [0.2, 0.25) is 5.78 Å².